The van der Waals surface area contributed by atoms with Crippen LogP contribution >= 0.6 is 15.9 Å². The predicted molar refractivity (Wildman–Crippen MR) is 65.0 cm³/mol. The Morgan fingerprint density at radius 3 is 2.67 bits per heavy atom. The van der Waals surface area contributed by atoms with Gasteiger partial charge in [0, 0.05) is 11.1 Å². The number of hydrogen-bond donors (Lipinski definition) is 1. The number of benzene rings is 1. The second-order valence-corrected chi connectivity index (χ2v) is 5.17. The third kappa shape index (κ3) is 2.87. The Bertz CT molecular complexity index is 430. The molecule has 0 radical (unpaired) electrons. The van der Waals surface area contributed by atoms with E-state index in [0.717, 1.165) is 25.0 Å². The third-order valence-corrected chi connectivity index (χ3v) is 3.77. The summed E-state index contributed by atoms with van der Waals surface area (Å²) in [5.41, 5.74) is 5.75. The molecule has 1 aromatic carbocycles. The lowest BCUT2D eigenvalue weighted by Crippen LogP contribution is -2.26. The molecule has 0 spiro atoms. The summed E-state index contributed by atoms with van der Waals surface area (Å²) in [5, 5.41) is 0. The molecule has 1 aliphatic heterocycles. The highest BCUT2D eigenvalue weighted by atomic mass is 79.9. The van der Waals surface area contributed by atoms with Gasteiger partial charge in [-0.3, -0.25) is 0 Å². The Morgan fingerprint density at radius 2 is 2.11 bits per heavy atom. The highest BCUT2D eigenvalue weighted by Gasteiger charge is 2.33. The number of ether oxygens (including phenoxy) is 1. The van der Waals surface area contributed by atoms with Crippen LogP contribution in [0.5, 0.6) is 0 Å². The molecular weight excluding hydrogens is 311 g/mol. The minimum Gasteiger partial charge on any atom is -0.376 e. The molecule has 2 unspecified atom stereocenters. The van der Waals surface area contributed by atoms with Crippen LogP contribution < -0.4 is 5.73 Å². The zero-order valence-corrected chi connectivity index (χ0v) is 11.1. The summed E-state index contributed by atoms with van der Waals surface area (Å²) in [4.78, 5) is 0. The lowest BCUT2D eigenvalue weighted by molar-refractivity contribution is -0.137. The Labute approximate surface area is 111 Å². The molecule has 0 saturated carbocycles. The van der Waals surface area contributed by atoms with Gasteiger partial charge in [0.05, 0.1) is 17.7 Å². The highest BCUT2D eigenvalue weighted by Crippen LogP contribution is 2.35. The SMILES string of the molecule is NC(c1cc(C(F)(F)F)ccc1Br)C1CCCO1. The maximum absolute atomic E-state index is 12.7. The summed E-state index contributed by atoms with van der Waals surface area (Å²) in [6.45, 7) is 0.620. The van der Waals surface area contributed by atoms with Crippen molar-refractivity contribution in [1.82, 2.24) is 0 Å². The molecule has 1 aromatic rings. The van der Waals surface area contributed by atoms with Gasteiger partial charge in [0.1, 0.15) is 0 Å². The van der Waals surface area contributed by atoms with E-state index >= 15 is 0 Å². The van der Waals surface area contributed by atoms with Crippen LogP contribution in [0.3, 0.4) is 0 Å². The van der Waals surface area contributed by atoms with Gasteiger partial charge in [0.25, 0.3) is 0 Å². The van der Waals surface area contributed by atoms with Crippen molar-refractivity contribution >= 4 is 15.9 Å². The van der Waals surface area contributed by atoms with Gasteiger partial charge < -0.3 is 10.5 Å². The molecule has 2 atom stereocenters. The van der Waals surface area contributed by atoms with Crippen LogP contribution in [0.25, 0.3) is 0 Å². The molecular formula is C12H13BrF3NO. The zero-order chi connectivity index (χ0) is 13.3. The van der Waals surface area contributed by atoms with Crippen molar-refractivity contribution in [3.8, 4) is 0 Å². The van der Waals surface area contributed by atoms with Crippen molar-refractivity contribution in [1.29, 1.82) is 0 Å². The van der Waals surface area contributed by atoms with Crippen LogP contribution in [0.4, 0.5) is 13.2 Å². The average molecular weight is 324 g/mol. The summed E-state index contributed by atoms with van der Waals surface area (Å²) in [6, 6.07) is 2.98. The van der Waals surface area contributed by atoms with Crippen LogP contribution in [0, 0.1) is 0 Å². The molecule has 6 heteroatoms. The fourth-order valence-corrected chi connectivity index (χ4v) is 2.57. The molecule has 0 amide bonds. The van der Waals surface area contributed by atoms with Gasteiger partial charge in [0.2, 0.25) is 0 Å². The molecule has 1 saturated heterocycles. The first-order chi connectivity index (χ1) is 8.39. The molecule has 0 aromatic heterocycles. The quantitative estimate of drug-likeness (QED) is 0.901. The van der Waals surface area contributed by atoms with Gasteiger partial charge in [-0.25, -0.2) is 0 Å². The van der Waals surface area contributed by atoms with Crippen LogP contribution in [-0.4, -0.2) is 12.7 Å². The first-order valence-corrected chi connectivity index (χ1v) is 6.42. The monoisotopic (exact) mass is 323 g/mol. The molecule has 1 heterocycles. The van der Waals surface area contributed by atoms with Gasteiger partial charge in [-0.2, -0.15) is 13.2 Å². The van der Waals surface area contributed by atoms with Crippen molar-refractivity contribution in [3.05, 3.63) is 33.8 Å². The molecule has 2 rings (SSSR count). The number of halogens is 4. The largest absolute Gasteiger partial charge is 0.416 e. The average Bonchev–Trinajstić information content (AvgIpc) is 2.80. The first kappa shape index (κ1) is 13.8. The second-order valence-electron chi connectivity index (χ2n) is 4.31. The highest BCUT2D eigenvalue weighted by molar-refractivity contribution is 9.10. The molecule has 2 nitrogen and oxygen atoms in total. The van der Waals surface area contributed by atoms with Crippen LogP contribution in [0.2, 0.25) is 0 Å². The maximum atomic E-state index is 12.7. The lowest BCUT2D eigenvalue weighted by atomic mass is 9.98. The molecule has 0 bridgehead atoms. The fourth-order valence-electron chi connectivity index (χ4n) is 2.06. The van der Waals surface area contributed by atoms with Gasteiger partial charge in [-0.1, -0.05) is 15.9 Å². The van der Waals surface area contributed by atoms with E-state index in [-0.39, 0.29) is 6.10 Å². The Hall–Kier alpha value is -0.590. The normalized spacial score (nSPS) is 22.2. The van der Waals surface area contributed by atoms with Gasteiger partial charge in [-0.05, 0) is 36.6 Å². The summed E-state index contributed by atoms with van der Waals surface area (Å²) < 4.78 is 44.0. The smallest absolute Gasteiger partial charge is 0.376 e. The van der Waals surface area contributed by atoms with E-state index in [2.05, 4.69) is 15.9 Å². The maximum Gasteiger partial charge on any atom is 0.416 e. The summed E-state index contributed by atoms with van der Waals surface area (Å²) in [5.74, 6) is 0. The number of nitrogens with two attached hydrogens (primary N) is 1. The molecule has 2 N–H and O–H groups in total. The van der Waals surface area contributed by atoms with E-state index in [1.807, 2.05) is 0 Å². The fraction of sp³-hybridized carbons (Fsp3) is 0.500. The Balaban J connectivity index is 2.31. The standard InChI is InChI=1S/C12H13BrF3NO/c13-9-4-3-7(12(14,15)16)6-8(9)11(17)10-2-1-5-18-10/h3-4,6,10-11H,1-2,5,17H2. The van der Waals surface area contributed by atoms with Crippen molar-refractivity contribution < 1.29 is 17.9 Å². The van der Waals surface area contributed by atoms with Crippen molar-refractivity contribution in [3.63, 3.8) is 0 Å². The first-order valence-electron chi connectivity index (χ1n) is 5.63. The van der Waals surface area contributed by atoms with E-state index < -0.39 is 17.8 Å². The second kappa shape index (κ2) is 5.19. The van der Waals surface area contributed by atoms with Crippen molar-refractivity contribution in [2.45, 2.75) is 31.2 Å². The molecule has 100 valence electrons. The van der Waals surface area contributed by atoms with Crippen molar-refractivity contribution in [2.75, 3.05) is 6.61 Å². The predicted octanol–water partition coefficient (Wildman–Crippen LogP) is 3.65. The van der Waals surface area contributed by atoms with E-state index in [9.17, 15) is 13.2 Å². The van der Waals surface area contributed by atoms with Crippen LogP contribution in [0.1, 0.15) is 30.0 Å². The van der Waals surface area contributed by atoms with Crippen molar-refractivity contribution in [2.24, 2.45) is 5.73 Å². The summed E-state index contributed by atoms with van der Waals surface area (Å²) in [7, 11) is 0. The Morgan fingerprint density at radius 1 is 1.39 bits per heavy atom. The van der Waals surface area contributed by atoms with E-state index in [0.29, 0.717) is 16.6 Å². The molecule has 0 aliphatic carbocycles. The van der Waals surface area contributed by atoms with E-state index in [4.69, 9.17) is 10.5 Å². The number of alkyl halides is 3. The minimum atomic E-state index is -4.36. The number of rotatable bonds is 2. The zero-order valence-electron chi connectivity index (χ0n) is 9.51. The molecule has 1 aliphatic rings. The molecule has 18 heavy (non-hydrogen) atoms. The summed E-state index contributed by atoms with van der Waals surface area (Å²) in [6.07, 6.45) is -2.88. The summed E-state index contributed by atoms with van der Waals surface area (Å²) >= 11 is 3.24. The van der Waals surface area contributed by atoms with Gasteiger partial charge >= 0.3 is 6.18 Å². The third-order valence-electron chi connectivity index (χ3n) is 3.05. The number of hydrogen-bond acceptors (Lipinski definition) is 2. The lowest BCUT2D eigenvalue weighted by Gasteiger charge is -2.21. The van der Waals surface area contributed by atoms with Gasteiger partial charge in [-0.15, -0.1) is 0 Å². The minimum absolute atomic E-state index is 0.204. The van der Waals surface area contributed by atoms with Gasteiger partial charge in [0.15, 0.2) is 0 Å². The van der Waals surface area contributed by atoms with E-state index in [1.54, 1.807) is 0 Å². The van der Waals surface area contributed by atoms with Crippen LogP contribution in [-0.2, 0) is 10.9 Å². The molecule has 1 fully saturated rings. The van der Waals surface area contributed by atoms with Crippen LogP contribution in [0.15, 0.2) is 22.7 Å². The Kier molecular flexibility index (Phi) is 3.99. The topological polar surface area (TPSA) is 35.2 Å². The van der Waals surface area contributed by atoms with E-state index in [1.165, 1.54) is 6.07 Å².